The summed E-state index contributed by atoms with van der Waals surface area (Å²) in [5.74, 6) is -0.156. The van der Waals surface area contributed by atoms with Gasteiger partial charge in [-0.15, -0.1) is 0 Å². The van der Waals surface area contributed by atoms with Gasteiger partial charge in [-0.05, 0) is 36.2 Å². The summed E-state index contributed by atoms with van der Waals surface area (Å²) in [6.45, 7) is 1.25. The Hall–Kier alpha value is -2.04. The Labute approximate surface area is 149 Å². The lowest BCUT2D eigenvalue weighted by molar-refractivity contribution is -0.128. The summed E-state index contributed by atoms with van der Waals surface area (Å²) in [6.07, 6.45) is 1.48. The Balaban J connectivity index is 1.74. The van der Waals surface area contributed by atoms with Gasteiger partial charge in [0.25, 0.3) is 0 Å². The monoisotopic (exact) mass is 363 g/mol. The molecule has 4 nitrogen and oxygen atoms in total. The third-order valence-electron chi connectivity index (χ3n) is 3.83. The molecule has 0 N–H and O–H groups in total. The quantitative estimate of drug-likeness (QED) is 0.599. The minimum Gasteiger partial charge on any atom is -0.421 e. The molecule has 124 valence electrons. The molecular weight excluding hydrogens is 349 g/mol. The maximum Gasteiger partial charge on any atom is 0.343 e. The summed E-state index contributed by atoms with van der Waals surface area (Å²) in [5.41, 5.74) is 1.28. The van der Waals surface area contributed by atoms with Gasteiger partial charge in [-0.3, -0.25) is 4.79 Å². The molecule has 0 aliphatic carbocycles. The molecule has 1 saturated heterocycles. The van der Waals surface area contributed by atoms with Crippen molar-refractivity contribution in [2.75, 3.05) is 6.54 Å². The highest BCUT2D eigenvalue weighted by Crippen LogP contribution is 2.32. The number of carbonyl (C=O) groups excluding carboxylic acids is 2. The van der Waals surface area contributed by atoms with E-state index in [0.717, 1.165) is 18.5 Å². The van der Waals surface area contributed by atoms with Gasteiger partial charge in [-0.1, -0.05) is 41.4 Å². The van der Waals surface area contributed by atoms with Crippen molar-refractivity contribution in [3.8, 4) is 5.75 Å². The van der Waals surface area contributed by atoms with E-state index in [4.69, 9.17) is 27.9 Å². The van der Waals surface area contributed by atoms with Crippen LogP contribution in [0.1, 0.15) is 28.8 Å². The zero-order valence-corrected chi connectivity index (χ0v) is 14.3. The van der Waals surface area contributed by atoms with Gasteiger partial charge in [0.2, 0.25) is 5.91 Å². The van der Waals surface area contributed by atoms with Crippen molar-refractivity contribution in [1.82, 2.24) is 4.90 Å². The van der Waals surface area contributed by atoms with E-state index in [1.807, 2.05) is 6.07 Å². The Morgan fingerprint density at radius 3 is 2.71 bits per heavy atom. The summed E-state index contributed by atoms with van der Waals surface area (Å²) < 4.78 is 5.32. The van der Waals surface area contributed by atoms with Crippen LogP contribution in [-0.4, -0.2) is 23.3 Å². The van der Waals surface area contributed by atoms with Crippen molar-refractivity contribution < 1.29 is 14.3 Å². The zero-order chi connectivity index (χ0) is 17.1. The van der Waals surface area contributed by atoms with Crippen LogP contribution in [0.3, 0.4) is 0 Å². The number of amides is 1. The second-order valence-corrected chi connectivity index (χ2v) is 6.35. The lowest BCUT2D eigenvalue weighted by Gasteiger charge is -2.16. The fourth-order valence-electron chi connectivity index (χ4n) is 2.61. The van der Waals surface area contributed by atoms with Crippen LogP contribution in [0.5, 0.6) is 5.75 Å². The van der Waals surface area contributed by atoms with Gasteiger partial charge in [-0.2, -0.15) is 0 Å². The van der Waals surface area contributed by atoms with Crippen LogP contribution in [0.15, 0.2) is 42.5 Å². The van der Waals surface area contributed by atoms with Gasteiger partial charge in [0.15, 0.2) is 5.75 Å². The first-order valence-corrected chi connectivity index (χ1v) is 8.33. The van der Waals surface area contributed by atoms with E-state index in [1.54, 1.807) is 41.3 Å². The number of nitrogens with zero attached hydrogens (tertiary/aromatic N) is 1. The van der Waals surface area contributed by atoms with E-state index in [9.17, 15) is 9.59 Å². The summed E-state index contributed by atoms with van der Waals surface area (Å²) in [6, 6.07) is 11.9. The third-order valence-corrected chi connectivity index (χ3v) is 4.63. The number of hydrogen-bond donors (Lipinski definition) is 0. The van der Waals surface area contributed by atoms with E-state index in [0.29, 0.717) is 23.6 Å². The van der Waals surface area contributed by atoms with Crippen molar-refractivity contribution in [3.05, 3.63) is 63.6 Å². The fraction of sp³-hybridized carbons (Fsp3) is 0.222. The van der Waals surface area contributed by atoms with Crippen molar-refractivity contribution in [3.63, 3.8) is 0 Å². The van der Waals surface area contributed by atoms with E-state index >= 15 is 0 Å². The smallest absolute Gasteiger partial charge is 0.343 e. The fourth-order valence-corrected chi connectivity index (χ4v) is 2.94. The molecule has 0 spiro atoms. The van der Waals surface area contributed by atoms with Gasteiger partial charge in [-0.25, -0.2) is 4.79 Å². The molecule has 24 heavy (non-hydrogen) atoms. The van der Waals surface area contributed by atoms with Crippen LogP contribution in [0.25, 0.3) is 0 Å². The molecule has 1 aliphatic rings. The first-order chi connectivity index (χ1) is 11.5. The molecule has 0 saturated carbocycles. The molecule has 2 aromatic carbocycles. The topological polar surface area (TPSA) is 46.6 Å². The van der Waals surface area contributed by atoms with Crippen molar-refractivity contribution in [2.45, 2.75) is 19.4 Å². The lowest BCUT2D eigenvalue weighted by atomic mass is 10.1. The number of esters is 1. The maximum absolute atomic E-state index is 12.3. The van der Waals surface area contributed by atoms with E-state index in [2.05, 4.69) is 0 Å². The van der Waals surface area contributed by atoms with E-state index in [1.165, 1.54) is 0 Å². The third kappa shape index (κ3) is 3.71. The van der Waals surface area contributed by atoms with Gasteiger partial charge >= 0.3 is 5.97 Å². The highest BCUT2D eigenvalue weighted by molar-refractivity contribution is 6.43. The minimum absolute atomic E-state index is 0.147. The molecule has 0 bridgehead atoms. The number of halogens is 2. The van der Waals surface area contributed by atoms with Gasteiger partial charge < -0.3 is 9.64 Å². The van der Waals surface area contributed by atoms with E-state index < -0.39 is 5.97 Å². The molecule has 1 fully saturated rings. The molecule has 0 aromatic heterocycles. The first kappa shape index (κ1) is 16.8. The number of hydrogen-bond acceptors (Lipinski definition) is 3. The van der Waals surface area contributed by atoms with Crippen LogP contribution < -0.4 is 4.74 Å². The molecular formula is C18H15Cl2NO3. The number of carbonyl (C=O) groups is 2. The van der Waals surface area contributed by atoms with Crippen molar-refractivity contribution >= 4 is 35.1 Å². The average molecular weight is 364 g/mol. The second kappa shape index (κ2) is 7.24. The minimum atomic E-state index is -0.520. The maximum atomic E-state index is 12.3. The van der Waals surface area contributed by atoms with E-state index in [-0.39, 0.29) is 16.7 Å². The summed E-state index contributed by atoms with van der Waals surface area (Å²) in [4.78, 5) is 25.8. The largest absolute Gasteiger partial charge is 0.421 e. The molecule has 0 radical (unpaired) electrons. The predicted octanol–water partition coefficient (Wildman–Crippen LogP) is 4.34. The standard InChI is InChI=1S/C18H15Cl2NO3/c19-14-6-2-7-15(17(14)20)24-18(23)13-5-1-4-12(10-13)11-21-9-3-8-16(21)22/h1-2,4-7,10H,3,8-9,11H2. The predicted molar refractivity (Wildman–Crippen MR) is 92.5 cm³/mol. The van der Waals surface area contributed by atoms with Gasteiger partial charge in [0, 0.05) is 19.5 Å². The highest BCUT2D eigenvalue weighted by Gasteiger charge is 2.20. The SMILES string of the molecule is O=C(Oc1cccc(Cl)c1Cl)c1cccc(CN2CCCC2=O)c1. The number of rotatable bonds is 4. The molecule has 0 atom stereocenters. The summed E-state index contributed by atoms with van der Waals surface area (Å²) in [7, 11) is 0. The average Bonchev–Trinajstić information content (AvgIpc) is 2.97. The lowest BCUT2D eigenvalue weighted by Crippen LogP contribution is -2.24. The highest BCUT2D eigenvalue weighted by atomic mass is 35.5. The van der Waals surface area contributed by atoms with Crippen molar-refractivity contribution in [1.29, 1.82) is 0 Å². The second-order valence-electron chi connectivity index (χ2n) is 5.56. The van der Waals surface area contributed by atoms with Crippen LogP contribution in [0.2, 0.25) is 10.0 Å². The zero-order valence-electron chi connectivity index (χ0n) is 12.8. The van der Waals surface area contributed by atoms with Crippen LogP contribution >= 0.6 is 23.2 Å². The molecule has 1 heterocycles. The van der Waals surface area contributed by atoms with Crippen LogP contribution in [0, 0.1) is 0 Å². The molecule has 0 unspecified atom stereocenters. The van der Waals surface area contributed by atoms with Crippen molar-refractivity contribution in [2.24, 2.45) is 0 Å². The first-order valence-electron chi connectivity index (χ1n) is 7.57. The Morgan fingerprint density at radius 1 is 1.17 bits per heavy atom. The molecule has 3 rings (SSSR count). The Kier molecular flexibility index (Phi) is 5.07. The number of benzene rings is 2. The number of likely N-dealkylation sites (tertiary alicyclic amines) is 1. The van der Waals surface area contributed by atoms with Crippen LogP contribution in [-0.2, 0) is 11.3 Å². The Morgan fingerprint density at radius 2 is 1.96 bits per heavy atom. The Bertz CT molecular complexity index is 792. The van der Waals surface area contributed by atoms with Gasteiger partial charge in [0.1, 0.15) is 5.02 Å². The molecule has 1 amide bonds. The molecule has 2 aromatic rings. The number of ether oxygens (including phenoxy) is 1. The summed E-state index contributed by atoms with van der Waals surface area (Å²) >= 11 is 11.9. The van der Waals surface area contributed by atoms with Gasteiger partial charge in [0.05, 0.1) is 10.6 Å². The molecule has 1 aliphatic heterocycles. The normalized spacial score (nSPS) is 14.1. The van der Waals surface area contributed by atoms with Crippen LogP contribution in [0.4, 0.5) is 0 Å². The summed E-state index contributed by atoms with van der Waals surface area (Å²) in [5, 5.41) is 0.523. The molecule has 6 heteroatoms.